The molecule has 1 atom stereocenters. The number of rotatable bonds is 6. The maximum atomic E-state index is 11.3. The molecule has 0 saturated carbocycles. The molecule has 0 rings (SSSR count). The lowest BCUT2D eigenvalue weighted by Crippen LogP contribution is -2.43. The van der Waals surface area contributed by atoms with Crippen LogP contribution in [-0.2, 0) is 9.53 Å². The van der Waals surface area contributed by atoms with Crippen molar-refractivity contribution in [3.8, 4) is 0 Å². The van der Waals surface area contributed by atoms with Crippen LogP contribution < -0.4 is 5.32 Å². The van der Waals surface area contributed by atoms with E-state index in [1.54, 1.807) is 0 Å². The summed E-state index contributed by atoms with van der Waals surface area (Å²) >= 11 is 0. The number of amides is 1. The lowest BCUT2D eigenvalue weighted by Gasteiger charge is -2.20. The highest BCUT2D eigenvalue weighted by molar-refractivity contribution is 5.77. The van der Waals surface area contributed by atoms with Crippen LogP contribution in [0.3, 0.4) is 0 Å². The SMILES string of the molecule is CC(C)OCC(=O)N[C@H](CO)C(C)C. The molecule has 0 spiro atoms. The van der Waals surface area contributed by atoms with E-state index in [2.05, 4.69) is 5.32 Å². The van der Waals surface area contributed by atoms with Crippen LogP contribution in [0.4, 0.5) is 0 Å². The molecule has 0 aromatic carbocycles. The topological polar surface area (TPSA) is 58.6 Å². The third-order valence-electron chi connectivity index (χ3n) is 1.90. The first-order valence-electron chi connectivity index (χ1n) is 4.99. The van der Waals surface area contributed by atoms with Gasteiger partial charge in [0.15, 0.2) is 0 Å². The Labute approximate surface area is 85.6 Å². The molecule has 2 N–H and O–H groups in total. The zero-order valence-electron chi connectivity index (χ0n) is 9.41. The van der Waals surface area contributed by atoms with Crippen molar-refractivity contribution in [2.45, 2.75) is 39.8 Å². The number of nitrogens with one attached hydrogen (secondary N) is 1. The van der Waals surface area contributed by atoms with Gasteiger partial charge >= 0.3 is 0 Å². The Hall–Kier alpha value is -0.610. The van der Waals surface area contributed by atoms with Crippen molar-refractivity contribution in [2.24, 2.45) is 5.92 Å². The number of hydrogen-bond acceptors (Lipinski definition) is 3. The molecule has 0 fully saturated rings. The summed E-state index contributed by atoms with van der Waals surface area (Å²) in [4.78, 5) is 11.3. The first-order valence-corrected chi connectivity index (χ1v) is 4.99. The van der Waals surface area contributed by atoms with E-state index in [1.165, 1.54) is 0 Å². The molecule has 14 heavy (non-hydrogen) atoms. The highest BCUT2D eigenvalue weighted by Crippen LogP contribution is 2.00. The molecule has 0 aromatic heterocycles. The van der Waals surface area contributed by atoms with Crippen molar-refractivity contribution in [2.75, 3.05) is 13.2 Å². The van der Waals surface area contributed by atoms with Gasteiger partial charge in [-0.3, -0.25) is 4.79 Å². The van der Waals surface area contributed by atoms with Gasteiger partial charge in [-0.2, -0.15) is 0 Å². The van der Waals surface area contributed by atoms with Crippen molar-refractivity contribution in [1.29, 1.82) is 0 Å². The number of aliphatic hydroxyl groups is 1. The fourth-order valence-electron chi connectivity index (χ4n) is 0.914. The van der Waals surface area contributed by atoms with Crippen LogP contribution in [0, 0.1) is 5.92 Å². The van der Waals surface area contributed by atoms with E-state index in [0.29, 0.717) is 0 Å². The van der Waals surface area contributed by atoms with Crippen LogP contribution in [-0.4, -0.2) is 36.4 Å². The van der Waals surface area contributed by atoms with Crippen LogP contribution in [0.1, 0.15) is 27.7 Å². The van der Waals surface area contributed by atoms with Gasteiger partial charge in [-0.1, -0.05) is 13.8 Å². The quantitative estimate of drug-likeness (QED) is 0.662. The van der Waals surface area contributed by atoms with Gasteiger partial charge in [0.25, 0.3) is 0 Å². The first kappa shape index (κ1) is 13.4. The Morgan fingerprint density at radius 1 is 1.36 bits per heavy atom. The fourth-order valence-corrected chi connectivity index (χ4v) is 0.914. The molecule has 0 aliphatic heterocycles. The second kappa shape index (κ2) is 6.79. The van der Waals surface area contributed by atoms with Crippen LogP contribution in [0.2, 0.25) is 0 Å². The molecule has 0 unspecified atom stereocenters. The monoisotopic (exact) mass is 203 g/mol. The van der Waals surface area contributed by atoms with Gasteiger partial charge in [0.1, 0.15) is 6.61 Å². The van der Waals surface area contributed by atoms with Crippen molar-refractivity contribution < 1.29 is 14.6 Å². The molecule has 0 radical (unpaired) electrons. The maximum absolute atomic E-state index is 11.3. The molecule has 4 nitrogen and oxygen atoms in total. The minimum absolute atomic E-state index is 0.0366. The van der Waals surface area contributed by atoms with Gasteiger partial charge in [0.2, 0.25) is 5.91 Å². The molecule has 0 saturated heterocycles. The van der Waals surface area contributed by atoms with Gasteiger partial charge < -0.3 is 15.2 Å². The van der Waals surface area contributed by atoms with E-state index in [-0.39, 0.29) is 37.2 Å². The molecule has 0 aliphatic carbocycles. The molecule has 0 heterocycles. The summed E-state index contributed by atoms with van der Waals surface area (Å²) in [5.74, 6) is 0.0504. The highest BCUT2D eigenvalue weighted by atomic mass is 16.5. The smallest absolute Gasteiger partial charge is 0.246 e. The lowest BCUT2D eigenvalue weighted by molar-refractivity contribution is -0.128. The molecule has 1 amide bonds. The molecular weight excluding hydrogens is 182 g/mol. The summed E-state index contributed by atoms with van der Waals surface area (Å²) in [6.07, 6.45) is 0.0485. The minimum atomic E-state index is -0.182. The summed E-state index contributed by atoms with van der Waals surface area (Å²) < 4.78 is 5.14. The van der Waals surface area contributed by atoms with Crippen LogP contribution in [0.25, 0.3) is 0 Å². The van der Waals surface area contributed by atoms with Crippen molar-refractivity contribution in [1.82, 2.24) is 5.32 Å². The second-order valence-corrected chi connectivity index (χ2v) is 3.96. The second-order valence-electron chi connectivity index (χ2n) is 3.96. The number of ether oxygens (including phenoxy) is 1. The Balaban J connectivity index is 3.79. The van der Waals surface area contributed by atoms with Crippen LogP contribution >= 0.6 is 0 Å². The minimum Gasteiger partial charge on any atom is -0.394 e. The predicted molar refractivity (Wildman–Crippen MR) is 54.9 cm³/mol. The number of carbonyl (C=O) groups excluding carboxylic acids is 1. The Bertz CT molecular complexity index is 169. The standard InChI is InChI=1S/C10H21NO3/c1-7(2)9(5-12)11-10(13)6-14-8(3)4/h7-9,12H,5-6H2,1-4H3,(H,11,13)/t9-/m1/s1. The number of hydrogen-bond donors (Lipinski definition) is 2. The van der Waals surface area contributed by atoms with E-state index in [9.17, 15) is 4.79 Å². The molecule has 0 aromatic rings. The van der Waals surface area contributed by atoms with Crippen LogP contribution in [0.15, 0.2) is 0 Å². The number of carbonyl (C=O) groups is 1. The van der Waals surface area contributed by atoms with E-state index in [4.69, 9.17) is 9.84 Å². The van der Waals surface area contributed by atoms with E-state index < -0.39 is 0 Å². The van der Waals surface area contributed by atoms with Gasteiger partial charge in [-0.25, -0.2) is 0 Å². The van der Waals surface area contributed by atoms with Gasteiger partial charge in [-0.15, -0.1) is 0 Å². The van der Waals surface area contributed by atoms with E-state index in [1.807, 2.05) is 27.7 Å². The average molecular weight is 203 g/mol. The Kier molecular flexibility index (Phi) is 6.49. The summed E-state index contributed by atoms with van der Waals surface area (Å²) in [5.41, 5.74) is 0. The number of aliphatic hydroxyl groups excluding tert-OH is 1. The van der Waals surface area contributed by atoms with Crippen molar-refractivity contribution in [3.05, 3.63) is 0 Å². The largest absolute Gasteiger partial charge is 0.394 e. The van der Waals surface area contributed by atoms with Gasteiger partial charge in [0.05, 0.1) is 18.8 Å². The molecule has 0 aliphatic rings. The van der Waals surface area contributed by atoms with Gasteiger partial charge in [-0.05, 0) is 19.8 Å². The third-order valence-corrected chi connectivity index (χ3v) is 1.90. The molecule has 84 valence electrons. The normalized spacial score (nSPS) is 13.4. The molecule has 0 bridgehead atoms. The fraction of sp³-hybridized carbons (Fsp3) is 0.900. The Morgan fingerprint density at radius 3 is 2.29 bits per heavy atom. The predicted octanol–water partition coefficient (Wildman–Crippen LogP) is 0.544. The summed E-state index contributed by atoms with van der Waals surface area (Å²) in [6, 6.07) is -0.182. The summed E-state index contributed by atoms with van der Waals surface area (Å²) in [6.45, 7) is 7.67. The van der Waals surface area contributed by atoms with Crippen molar-refractivity contribution in [3.63, 3.8) is 0 Å². The zero-order valence-corrected chi connectivity index (χ0v) is 9.41. The Morgan fingerprint density at radius 2 is 1.93 bits per heavy atom. The molecular formula is C10H21NO3. The van der Waals surface area contributed by atoms with Gasteiger partial charge in [0, 0.05) is 0 Å². The summed E-state index contributed by atoms with van der Waals surface area (Å²) in [7, 11) is 0. The summed E-state index contributed by atoms with van der Waals surface area (Å²) in [5, 5.41) is 11.7. The molecule has 4 heteroatoms. The average Bonchev–Trinajstić information content (AvgIpc) is 2.10. The third kappa shape index (κ3) is 5.94. The van der Waals surface area contributed by atoms with E-state index in [0.717, 1.165) is 0 Å². The highest BCUT2D eigenvalue weighted by Gasteiger charge is 2.14. The zero-order chi connectivity index (χ0) is 11.1. The van der Waals surface area contributed by atoms with Crippen LogP contribution in [0.5, 0.6) is 0 Å². The van der Waals surface area contributed by atoms with Crippen molar-refractivity contribution >= 4 is 5.91 Å². The maximum Gasteiger partial charge on any atom is 0.246 e. The van der Waals surface area contributed by atoms with E-state index >= 15 is 0 Å². The lowest BCUT2D eigenvalue weighted by atomic mass is 10.1. The first-order chi connectivity index (χ1) is 6.47.